The first-order valence-corrected chi connectivity index (χ1v) is 10.3. The van der Waals surface area contributed by atoms with Gasteiger partial charge in [0, 0.05) is 11.3 Å². The first-order chi connectivity index (χ1) is 15.6. The van der Waals surface area contributed by atoms with Crippen molar-refractivity contribution < 1.29 is 14.3 Å². The zero-order valence-corrected chi connectivity index (χ0v) is 17.8. The molecule has 32 heavy (non-hydrogen) atoms. The molecule has 2 aromatic heterocycles. The molecule has 0 fully saturated rings. The van der Waals surface area contributed by atoms with Gasteiger partial charge >= 0.3 is 0 Å². The van der Waals surface area contributed by atoms with Gasteiger partial charge in [0.05, 0.1) is 18.9 Å². The van der Waals surface area contributed by atoms with Crippen molar-refractivity contribution in [2.75, 3.05) is 18.5 Å². The van der Waals surface area contributed by atoms with E-state index in [4.69, 9.17) is 9.47 Å². The summed E-state index contributed by atoms with van der Waals surface area (Å²) in [6.07, 6.45) is 1.42. The van der Waals surface area contributed by atoms with Gasteiger partial charge in [-0.3, -0.25) is 9.59 Å². The summed E-state index contributed by atoms with van der Waals surface area (Å²) in [5.41, 5.74) is 2.01. The van der Waals surface area contributed by atoms with E-state index in [0.717, 1.165) is 21.7 Å². The second-order valence-electron chi connectivity index (χ2n) is 6.92. The van der Waals surface area contributed by atoms with E-state index in [-0.39, 0.29) is 12.5 Å². The Labute approximate surface area is 184 Å². The van der Waals surface area contributed by atoms with Crippen LogP contribution in [0.2, 0.25) is 0 Å². The van der Waals surface area contributed by atoms with Gasteiger partial charge in [0.25, 0.3) is 5.56 Å². The zero-order valence-electron chi connectivity index (χ0n) is 17.8. The lowest BCUT2D eigenvalue weighted by Gasteiger charge is -2.08. The molecule has 0 saturated heterocycles. The van der Waals surface area contributed by atoms with Crippen LogP contribution >= 0.6 is 0 Å². The number of hydrogen-bond donors (Lipinski definition) is 1. The van der Waals surface area contributed by atoms with Crippen LogP contribution in [0.15, 0.2) is 65.7 Å². The topological polar surface area (TPSA) is 99.8 Å². The molecule has 4 aromatic rings. The summed E-state index contributed by atoms with van der Waals surface area (Å²) in [5, 5.41) is 11.2. The molecule has 0 bridgehead atoms. The van der Waals surface area contributed by atoms with Crippen molar-refractivity contribution in [3.8, 4) is 22.8 Å². The molecule has 9 nitrogen and oxygen atoms in total. The summed E-state index contributed by atoms with van der Waals surface area (Å²) in [4.78, 5) is 25.3. The highest BCUT2D eigenvalue weighted by atomic mass is 16.5. The smallest absolute Gasteiger partial charge is 0.293 e. The lowest BCUT2D eigenvalue weighted by atomic mass is 10.1. The van der Waals surface area contributed by atoms with Gasteiger partial charge in [0.1, 0.15) is 29.9 Å². The fourth-order valence-corrected chi connectivity index (χ4v) is 3.22. The summed E-state index contributed by atoms with van der Waals surface area (Å²) in [7, 11) is 0. The molecule has 1 amide bonds. The molecule has 0 aliphatic rings. The maximum atomic E-state index is 12.8. The monoisotopic (exact) mass is 433 g/mol. The standard InChI is InChI=1S/C23H23N5O4/c1-3-31-18-9-5-16(6-10-18)20-13-21-23(30)27(24-15-28(21)26-20)14-22(29)25-17-7-11-19(12-8-17)32-4-2/h5-13,15H,3-4,14H2,1-2H3,(H,25,29). The molecule has 0 aliphatic carbocycles. The molecular weight excluding hydrogens is 410 g/mol. The summed E-state index contributed by atoms with van der Waals surface area (Å²) in [6, 6.07) is 16.2. The minimum absolute atomic E-state index is 0.216. The molecule has 0 radical (unpaired) electrons. The number of nitrogens with zero attached hydrogens (tertiary/aromatic N) is 4. The Balaban J connectivity index is 1.50. The third-order valence-corrected chi connectivity index (χ3v) is 4.69. The third-order valence-electron chi connectivity index (χ3n) is 4.69. The normalized spacial score (nSPS) is 10.8. The van der Waals surface area contributed by atoms with E-state index >= 15 is 0 Å². The van der Waals surface area contributed by atoms with Gasteiger partial charge in [-0.15, -0.1) is 0 Å². The van der Waals surface area contributed by atoms with Crippen LogP contribution < -0.4 is 20.3 Å². The predicted octanol–water partition coefficient (Wildman–Crippen LogP) is 2.99. The highest BCUT2D eigenvalue weighted by molar-refractivity contribution is 5.90. The van der Waals surface area contributed by atoms with Crippen LogP contribution in [-0.4, -0.2) is 38.5 Å². The van der Waals surface area contributed by atoms with E-state index in [0.29, 0.717) is 30.1 Å². The average Bonchev–Trinajstić information content (AvgIpc) is 3.23. The Hall–Kier alpha value is -4.14. The van der Waals surface area contributed by atoms with Gasteiger partial charge < -0.3 is 14.8 Å². The number of carbonyl (C=O) groups is 1. The Bertz CT molecular complexity index is 1280. The summed E-state index contributed by atoms with van der Waals surface area (Å²) in [6.45, 7) is 4.76. The maximum absolute atomic E-state index is 12.8. The number of fused-ring (bicyclic) bond motifs is 1. The third kappa shape index (κ3) is 4.61. The van der Waals surface area contributed by atoms with Crippen molar-refractivity contribution in [1.82, 2.24) is 19.4 Å². The molecule has 164 valence electrons. The lowest BCUT2D eigenvalue weighted by Crippen LogP contribution is -2.30. The van der Waals surface area contributed by atoms with E-state index in [1.807, 2.05) is 38.1 Å². The molecule has 0 unspecified atom stereocenters. The quantitative estimate of drug-likeness (QED) is 0.459. The number of hydrogen-bond acceptors (Lipinski definition) is 6. The highest BCUT2D eigenvalue weighted by Crippen LogP contribution is 2.22. The number of aromatic nitrogens is 4. The molecule has 2 heterocycles. The largest absolute Gasteiger partial charge is 0.494 e. The van der Waals surface area contributed by atoms with Crippen molar-refractivity contribution in [2.45, 2.75) is 20.4 Å². The number of anilines is 1. The maximum Gasteiger partial charge on any atom is 0.293 e. The minimum atomic E-state index is -0.404. The Kier molecular flexibility index (Phi) is 6.16. The SMILES string of the molecule is CCOc1ccc(NC(=O)Cn2ncn3nc(-c4ccc(OCC)cc4)cc3c2=O)cc1. The fourth-order valence-electron chi connectivity index (χ4n) is 3.22. The first kappa shape index (κ1) is 21.1. The van der Waals surface area contributed by atoms with Gasteiger partial charge in [-0.1, -0.05) is 0 Å². The molecular formula is C23H23N5O4. The Morgan fingerprint density at radius 3 is 2.22 bits per heavy atom. The number of nitrogens with one attached hydrogen (secondary N) is 1. The molecule has 9 heteroatoms. The average molecular weight is 433 g/mol. The van der Waals surface area contributed by atoms with Crippen LogP contribution in [0.3, 0.4) is 0 Å². The van der Waals surface area contributed by atoms with Crippen molar-refractivity contribution in [1.29, 1.82) is 0 Å². The van der Waals surface area contributed by atoms with Crippen molar-refractivity contribution in [3.05, 3.63) is 71.3 Å². The fraction of sp³-hybridized carbons (Fsp3) is 0.217. The zero-order chi connectivity index (χ0) is 22.5. The lowest BCUT2D eigenvalue weighted by molar-refractivity contribution is -0.117. The molecule has 1 N–H and O–H groups in total. The van der Waals surface area contributed by atoms with Crippen LogP contribution in [0, 0.1) is 0 Å². The van der Waals surface area contributed by atoms with Crippen LogP contribution in [0.5, 0.6) is 11.5 Å². The van der Waals surface area contributed by atoms with E-state index < -0.39 is 5.56 Å². The van der Waals surface area contributed by atoms with E-state index in [1.165, 1.54) is 10.8 Å². The Morgan fingerprint density at radius 1 is 0.969 bits per heavy atom. The summed E-state index contributed by atoms with van der Waals surface area (Å²) < 4.78 is 13.4. The highest BCUT2D eigenvalue weighted by Gasteiger charge is 2.13. The number of rotatable bonds is 8. The molecule has 0 saturated carbocycles. The number of ether oxygens (including phenoxy) is 2. The van der Waals surface area contributed by atoms with Gasteiger partial charge in [0.15, 0.2) is 0 Å². The van der Waals surface area contributed by atoms with Gasteiger partial charge in [-0.25, -0.2) is 9.20 Å². The van der Waals surface area contributed by atoms with Gasteiger partial charge in [-0.2, -0.15) is 10.2 Å². The molecule has 0 aliphatic heterocycles. The van der Waals surface area contributed by atoms with Crippen molar-refractivity contribution in [2.24, 2.45) is 0 Å². The predicted molar refractivity (Wildman–Crippen MR) is 120 cm³/mol. The first-order valence-electron chi connectivity index (χ1n) is 10.3. The second kappa shape index (κ2) is 9.34. The Morgan fingerprint density at radius 2 is 1.59 bits per heavy atom. The van der Waals surface area contributed by atoms with Gasteiger partial charge in [0.2, 0.25) is 5.91 Å². The van der Waals surface area contributed by atoms with E-state index in [9.17, 15) is 9.59 Å². The van der Waals surface area contributed by atoms with E-state index in [2.05, 4.69) is 15.5 Å². The van der Waals surface area contributed by atoms with Crippen LogP contribution in [0.1, 0.15) is 13.8 Å². The summed E-state index contributed by atoms with van der Waals surface area (Å²) >= 11 is 0. The molecule has 4 rings (SSSR count). The second-order valence-corrected chi connectivity index (χ2v) is 6.92. The van der Waals surface area contributed by atoms with Crippen LogP contribution in [0.25, 0.3) is 16.8 Å². The van der Waals surface area contributed by atoms with Crippen molar-refractivity contribution >= 4 is 17.1 Å². The molecule has 2 aromatic carbocycles. The molecule has 0 spiro atoms. The number of amides is 1. The molecule has 0 atom stereocenters. The number of carbonyl (C=O) groups excluding carboxylic acids is 1. The van der Waals surface area contributed by atoms with Crippen LogP contribution in [-0.2, 0) is 11.3 Å². The van der Waals surface area contributed by atoms with E-state index in [1.54, 1.807) is 30.3 Å². The van der Waals surface area contributed by atoms with Gasteiger partial charge in [-0.05, 0) is 68.4 Å². The van der Waals surface area contributed by atoms with Crippen molar-refractivity contribution in [3.63, 3.8) is 0 Å². The minimum Gasteiger partial charge on any atom is -0.494 e. The van der Waals surface area contributed by atoms with Crippen LogP contribution in [0.4, 0.5) is 5.69 Å². The number of benzene rings is 2. The summed E-state index contributed by atoms with van der Waals surface area (Å²) in [5.74, 6) is 1.12.